The average Bonchev–Trinajstić information content (AvgIpc) is 3.11. The Kier molecular flexibility index (Phi) is 5.85. The van der Waals surface area contributed by atoms with Crippen LogP contribution in [0.5, 0.6) is 5.75 Å². The quantitative estimate of drug-likeness (QED) is 0.624. The van der Waals surface area contributed by atoms with Crippen LogP contribution in [0.25, 0.3) is 10.2 Å². The summed E-state index contributed by atoms with van der Waals surface area (Å²) in [5, 5.41) is 3.58. The van der Waals surface area contributed by atoms with E-state index in [4.69, 9.17) is 4.74 Å². The number of hydrogen-bond donors (Lipinski definition) is 2. The molecule has 0 bridgehead atoms. The van der Waals surface area contributed by atoms with Crippen LogP contribution in [-0.2, 0) is 24.1 Å². The van der Waals surface area contributed by atoms with E-state index >= 15 is 0 Å². The van der Waals surface area contributed by atoms with Crippen molar-refractivity contribution in [3.8, 4) is 5.75 Å². The maximum absolute atomic E-state index is 13.9. The van der Waals surface area contributed by atoms with Crippen molar-refractivity contribution < 1.29 is 13.9 Å². The number of aryl methyl sites for hydroxylation is 3. The fraction of sp³-hybridized carbons (Fsp3) is 0.409. The van der Waals surface area contributed by atoms with E-state index in [2.05, 4.69) is 15.3 Å². The van der Waals surface area contributed by atoms with Crippen LogP contribution < -0.4 is 15.6 Å². The molecular formula is C22H24FN3O3S. The Balaban J connectivity index is 1.41. The first-order valence-corrected chi connectivity index (χ1v) is 10.9. The van der Waals surface area contributed by atoms with E-state index in [9.17, 15) is 14.0 Å². The third-order valence-corrected chi connectivity index (χ3v) is 6.70. The van der Waals surface area contributed by atoms with E-state index < -0.39 is 5.82 Å². The van der Waals surface area contributed by atoms with Gasteiger partial charge in [0.05, 0.1) is 18.5 Å². The average molecular weight is 430 g/mol. The molecule has 0 radical (unpaired) electrons. The molecule has 0 aliphatic heterocycles. The Hall–Kier alpha value is -2.74. The number of halogens is 1. The van der Waals surface area contributed by atoms with Gasteiger partial charge in [0.2, 0.25) is 5.91 Å². The first-order valence-electron chi connectivity index (χ1n) is 10.1. The lowest BCUT2D eigenvalue weighted by atomic mass is 9.97. The Morgan fingerprint density at radius 3 is 2.93 bits per heavy atom. The number of benzene rings is 1. The van der Waals surface area contributed by atoms with Gasteiger partial charge in [-0.15, -0.1) is 11.3 Å². The molecule has 1 atom stereocenters. The molecular weight excluding hydrogens is 405 g/mol. The zero-order chi connectivity index (χ0) is 21.3. The molecule has 158 valence electrons. The first-order chi connectivity index (χ1) is 14.5. The fourth-order valence-corrected chi connectivity index (χ4v) is 5.19. The summed E-state index contributed by atoms with van der Waals surface area (Å²) in [5.74, 6) is 0.0270. The maximum atomic E-state index is 13.9. The number of nitrogens with zero attached hydrogens (tertiary/aromatic N) is 1. The Bertz CT molecular complexity index is 1150. The number of rotatable bonds is 6. The molecule has 1 amide bonds. The number of nitrogens with one attached hydrogen (secondary N) is 2. The lowest BCUT2D eigenvalue weighted by Gasteiger charge is -2.15. The van der Waals surface area contributed by atoms with Crippen molar-refractivity contribution in [3.63, 3.8) is 0 Å². The minimum atomic E-state index is -0.468. The Morgan fingerprint density at radius 2 is 2.17 bits per heavy atom. The predicted octanol–water partition coefficient (Wildman–Crippen LogP) is 3.82. The lowest BCUT2D eigenvalue weighted by Crippen LogP contribution is -2.27. The van der Waals surface area contributed by atoms with Gasteiger partial charge in [0.15, 0.2) is 11.6 Å². The molecule has 2 heterocycles. The number of aromatic amines is 1. The number of thiophene rings is 1. The van der Waals surface area contributed by atoms with E-state index in [0.29, 0.717) is 17.8 Å². The third kappa shape index (κ3) is 4.09. The summed E-state index contributed by atoms with van der Waals surface area (Å²) < 4.78 is 18.8. The summed E-state index contributed by atoms with van der Waals surface area (Å²) in [6, 6.07) is 4.27. The molecule has 8 heteroatoms. The van der Waals surface area contributed by atoms with Crippen molar-refractivity contribution in [2.24, 2.45) is 0 Å². The zero-order valence-electron chi connectivity index (χ0n) is 17.0. The molecule has 6 nitrogen and oxygen atoms in total. The van der Waals surface area contributed by atoms with Gasteiger partial charge in [-0.25, -0.2) is 9.37 Å². The molecule has 0 spiro atoms. The van der Waals surface area contributed by atoms with Crippen molar-refractivity contribution in [3.05, 3.63) is 56.2 Å². The smallest absolute Gasteiger partial charge is 0.259 e. The predicted molar refractivity (Wildman–Crippen MR) is 115 cm³/mol. The first kappa shape index (κ1) is 20.5. The number of ether oxygens (including phenoxy) is 1. The second kappa shape index (κ2) is 8.55. The maximum Gasteiger partial charge on any atom is 0.259 e. The van der Waals surface area contributed by atoms with E-state index in [0.717, 1.165) is 41.5 Å². The molecule has 0 fully saturated rings. The lowest BCUT2D eigenvalue weighted by molar-refractivity contribution is -0.121. The standard InChI is InChI=1S/C22H24FN3O3S/c1-12(13-7-8-16(29-2)15(23)11-13)24-19(27)10-9-18-25-21(28)20-14-5-3-4-6-17(14)30-22(20)26-18/h7-8,11-12H,3-6,9-10H2,1-2H3,(H,24,27)(H,25,26,28)/t12-/m0/s1. The molecule has 0 saturated carbocycles. The third-order valence-electron chi connectivity index (χ3n) is 5.52. The van der Waals surface area contributed by atoms with Gasteiger partial charge in [0, 0.05) is 17.7 Å². The van der Waals surface area contributed by atoms with Crippen molar-refractivity contribution in [2.45, 2.75) is 51.5 Å². The van der Waals surface area contributed by atoms with Gasteiger partial charge in [0.25, 0.3) is 5.56 Å². The van der Waals surface area contributed by atoms with Crippen molar-refractivity contribution >= 4 is 27.5 Å². The summed E-state index contributed by atoms with van der Waals surface area (Å²) in [7, 11) is 1.41. The van der Waals surface area contributed by atoms with Gasteiger partial charge in [-0.1, -0.05) is 6.07 Å². The van der Waals surface area contributed by atoms with Crippen molar-refractivity contribution in [1.82, 2.24) is 15.3 Å². The summed E-state index contributed by atoms with van der Waals surface area (Å²) in [4.78, 5) is 34.4. The van der Waals surface area contributed by atoms with E-state index in [-0.39, 0.29) is 29.7 Å². The SMILES string of the molecule is COc1ccc([C@H](C)NC(=O)CCc2nc3sc4c(c3c(=O)[nH]2)CCCC4)cc1F. The highest BCUT2D eigenvalue weighted by Crippen LogP contribution is 2.33. The number of H-pyrrole nitrogens is 1. The van der Waals surface area contributed by atoms with Crippen LogP contribution >= 0.6 is 11.3 Å². The van der Waals surface area contributed by atoms with Gasteiger partial charge in [-0.05, 0) is 55.9 Å². The van der Waals surface area contributed by atoms with Crippen LogP contribution in [0, 0.1) is 5.82 Å². The molecule has 2 aromatic heterocycles. The second-order valence-electron chi connectivity index (χ2n) is 7.59. The largest absolute Gasteiger partial charge is 0.494 e. The molecule has 0 saturated heterocycles. The Morgan fingerprint density at radius 1 is 1.37 bits per heavy atom. The molecule has 30 heavy (non-hydrogen) atoms. The monoisotopic (exact) mass is 429 g/mol. The summed E-state index contributed by atoms with van der Waals surface area (Å²) in [5.41, 5.74) is 1.69. The molecule has 4 rings (SSSR count). The number of aromatic nitrogens is 2. The summed E-state index contributed by atoms with van der Waals surface area (Å²) in [6.07, 6.45) is 4.73. The van der Waals surface area contributed by atoms with E-state index in [1.807, 2.05) is 0 Å². The molecule has 1 aliphatic rings. The zero-order valence-corrected chi connectivity index (χ0v) is 17.8. The van der Waals surface area contributed by atoms with Gasteiger partial charge in [-0.2, -0.15) is 0 Å². The molecule has 2 N–H and O–H groups in total. The van der Waals surface area contributed by atoms with E-state index in [1.54, 1.807) is 24.3 Å². The fourth-order valence-electron chi connectivity index (χ4n) is 3.91. The summed E-state index contributed by atoms with van der Waals surface area (Å²) >= 11 is 1.60. The van der Waals surface area contributed by atoms with Crippen LogP contribution in [0.15, 0.2) is 23.0 Å². The van der Waals surface area contributed by atoms with Crippen LogP contribution in [0.3, 0.4) is 0 Å². The molecule has 0 unspecified atom stereocenters. The van der Waals surface area contributed by atoms with Gasteiger partial charge < -0.3 is 15.0 Å². The molecule has 1 aliphatic carbocycles. The van der Waals surface area contributed by atoms with Crippen molar-refractivity contribution in [1.29, 1.82) is 0 Å². The highest BCUT2D eigenvalue weighted by Gasteiger charge is 2.20. The normalized spacial score (nSPS) is 14.4. The van der Waals surface area contributed by atoms with Gasteiger partial charge in [0.1, 0.15) is 10.7 Å². The van der Waals surface area contributed by atoms with Crippen LogP contribution in [0.4, 0.5) is 4.39 Å². The van der Waals surface area contributed by atoms with Gasteiger partial charge >= 0.3 is 0 Å². The number of methoxy groups -OCH3 is 1. The minimum absolute atomic E-state index is 0.114. The van der Waals surface area contributed by atoms with E-state index in [1.165, 1.54) is 24.1 Å². The van der Waals surface area contributed by atoms with Crippen molar-refractivity contribution in [2.75, 3.05) is 7.11 Å². The second-order valence-corrected chi connectivity index (χ2v) is 8.67. The Labute approximate surface area is 177 Å². The number of amides is 1. The molecule has 1 aromatic carbocycles. The number of carbonyl (C=O) groups is 1. The van der Waals surface area contributed by atoms with Crippen LogP contribution in [-0.4, -0.2) is 23.0 Å². The summed E-state index contributed by atoms with van der Waals surface area (Å²) in [6.45, 7) is 1.79. The molecule has 3 aromatic rings. The van der Waals surface area contributed by atoms with Crippen LogP contribution in [0.1, 0.15) is 54.1 Å². The van der Waals surface area contributed by atoms with Crippen LogP contribution in [0.2, 0.25) is 0 Å². The minimum Gasteiger partial charge on any atom is -0.494 e. The highest BCUT2D eigenvalue weighted by molar-refractivity contribution is 7.18. The number of fused-ring (bicyclic) bond motifs is 3. The number of carbonyl (C=O) groups excluding carboxylic acids is 1. The highest BCUT2D eigenvalue weighted by atomic mass is 32.1. The van der Waals surface area contributed by atoms with Gasteiger partial charge in [-0.3, -0.25) is 9.59 Å². The number of hydrogen-bond acceptors (Lipinski definition) is 5. The topological polar surface area (TPSA) is 84.1 Å².